The van der Waals surface area contributed by atoms with Crippen LogP contribution in [0.4, 0.5) is 0 Å². The van der Waals surface area contributed by atoms with E-state index < -0.39 is 64.7 Å². The van der Waals surface area contributed by atoms with Crippen LogP contribution in [0.15, 0.2) is 60.7 Å². The van der Waals surface area contributed by atoms with Gasteiger partial charge in [0.2, 0.25) is 0 Å². The maximum absolute atomic E-state index is 11.6. The molecule has 0 bridgehead atoms. The minimum absolute atomic E-state index is 0.0663. The molecular weight excluding hydrogens is 568 g/mol. The fourth-order valence-corrected chi connectivity index (χ4v) is 5.48. The number of aromatic hydroxyl groups is 8. The molecule has 0 saturated carbocycles. The third-order valence-electron chi connectivity index (χ3n) is 7.55. The maximum atomic E-state index is 11.6. The van der Waals surface area contributed by atoms with Crippen molar-refractivity contribution in [1.29, 1.82) is 0 Å². The first-order chi connectivity index (χ1) is 20.4. The van der Waals surface area contributed by atoms with Gasteiger partial charge in [0.15, 0.2) is 35.2 Å². The number of phenolic OH excluding ortho intramolecular Hbond substituents is 8. The van der Waals surface area contributed by atoms with Gasteiger partial charge in [-0.2, -0.15) is 0 Å². The fourth-order valence-electron chi connectivity index (χ4n) is 5.48. The lowest BCUT2D eigenvalue weighted by molar-refractivity contribution is -0.307. The van der Waals surface area contributed by atoms with Crippen LogP contribution in [0.5, 0.6) is 57.5 Å². The normalized spacial score (nSPS) is 24.3. The van der Waals surface area contributed by atoms with E-state index in [2.05, 4.69) is 0 Å². The number of aliphatic hydroxyl groups is 2. The van der Waals surface area contributed by atoms with Gasteiger partial charge in [0, 0.05) is 41.8 Å². The zero-order valence-corrected chi connectivity index (χ0v) is 22.0. The summed E-state index contributed by atoms with van der Waals surface area (Å²) in [4.78, 5) is 0. The standard InChI is InChI=1S/C30H26O13/c31-14-7-19(35)16-11-25(28(41-23(16)9-14)12-1-3-17(33)20(36)5-12)43-30(13-2-4-18(34)21(37)6-13)29(40)27(39)26-22(38)8-15(32)10-24(26)42-30/h1-10,25,27-29,31-40H,11H2/t25-,27-,28-,29+,30+/m1/s1. The molecule has 0 fully saturated rings. The zero-order chi connectivity index (χ0) is 30.8. The minimum atomic E-state index is -2.42. The molecule has 6 rings (SSSR count). The molecule has 13 nitrogen and oxygen atoms in total. The van der Waals surface area contributed by atoms with Gasteiger partial charge in [0.05, 0.1) is 5.56 Å². The number of hydrogen-bond donors (Lipinski definition) is 10. The van der Waals surface area contributed by atoms with Crippen LogP contribution >= 0.6 is 0 Å². The van der Waals surface area contributed by atoms with E-state index in [1.165, 1.54) is 30.3 Å². The zero-order valence-electron chi connectivity index (χ0n) is 22.0. The Kier molecular flexibility index (Phi) is 6.45. The van der Waals surface area contributed by atoms with Crippen LogP contribution in [-0.4, -0.2) is 63.3 Å². The SMILES string of the molecule is Oc1cc(O)c2c(c1)O[C@H](c1ccc(O)c(O)c1)[C@H](O[C@]1(c3ccc(O)c(O)c3)Oc3cc(O)cc(O)c3[C@@H](O)[C@@H]1O)C2. The van der Waals surface area contributed by atoms with Crippen molar-refractivity contribution in [2.45, 2.75) is 36.6 Å². The monoisotopic (exact) mass is 594 g/mol. The predicted octanol–water partition coefficient (Wildman–Crippen LogP) is 2.73. The fraction of sp³-hybridized carbons (Fsp3) is 0.200. The molecule has 0 aromatic heterocycles. The molecule has 43 heavy (non-hydrogen) atoms. The summed E-state index contributed by atoms with van der Waals surface area (Å²) >= 11 is 0. The van der Waals surface area contributed by atoms with Crippen molar-refractivity contribution in [2.24, 2.45) is 0 Å². The van der Waals surface area contributed by atoms with Gasteiger partial charge >= 0.3 is 0 Å². The van der Waals surface area contributed by atoms with Crippen LogP contribution in [0.3, 0.4) is 0 Å². The van der Waals surface area contributed by atoms with E-state index in [-0.39, 0.29) is 51.7 Å². The first-order valence-electron chi connectivity index (χ1n) is 12.9. The Morgan fingerprint density at radius 2 is 1.28 bits per heavy atom. The highest BCUT2D eigenvalue weighted by atomic mass is 16.7. The van der Waals surface area contributed by atoms with Crippen molar-refractivity contribution in [3.63, 3.8) is 0 Å². The number of ether oxygens (including phenoxy) is 3. The third-order valence-corrected chi connectivity index (χ3v) is 7.55. The Hall–Kier alpha value is -5.24. The van der Waals surface area contributed by atoms with Gasteiger partial charge in [-0.1, -0.05) is 6.07 Å². The molecular formula is C30H26O13. The van der Waals surface area contributed by atoms with Crippen molar-refractivity contribution in [3.8, 4) is 57.5 Å². The second kappa shape index (κ2) is 9.94. The van der Waals surface area contributed by atoms with E-state index in [4.69, 9.17) is 14.2 Å². The smallest absolute Gasteiger partial charge is 0.267 e. The molecule has 2 heterocycles. The summed E-state index contributed by atoms with van der Waals surface area (Å²) in [6, 6.07) is 11.5. The highest BCUT2D eigenvalue weighted by molar-refractivity contribution is 5.55. The van der Waals surface area contributed by atoms with E-state index in [1.54, 1.807) is 0 Å². The summed E-state index contributed by atoms with van der Waals surface area (Å²) < 4.78 is 18.7. The van der Waals surface area contributed by atoms with Crippen molar-refractivity contribution in [3.05, 3.63) is 82.9 Å². The number of rotatable bonds is 4. The third kappa shape index (κ3) is 4.55. The Bertz CT molecular complexity index is 1740. The Morgan fingerprint density at radius 3 is 1.95 bits per heavy atom. The van der Waals surface area contributed by atoms with Gasteiger partial charge < -0.3 is 65.3 Å². The topological polar surface area (TPSA) is 230 Å². The van der Waals surface area contributed by atoms with Crippen LogP contribution < -0.4 is 9.47 Å². The summed E-state index contributed by atoms with van der Waals surface area (Å²) in [7, 11) is 0. The largest absolute Gasteiger partial charge is 0.508 e. The van der Waals surface area contributed by atoms with Gasteiger partial charge in [-0.15, -0.1) is 0 Å². The Labute approximate surface area is 242 Å². The molecule has 4 aromatic carbocycles. The molecule has 0 unspecified atom stereocenters. The van der Waals surface area contributed by atoms with Crippen molar-refractivity contribution >= 4 is 0 Å². The van der Waals surface area contributed by atoms with Gasteiger partial charge in [-0.05, 0) is 35.9 Å². The van der Waals surface area contributed by atoms with Gasteiger partial charge in [0.25, 0.3) is 5.79 Å². The molecule has 10 N–H and O–H groups in total. The van der Waals surface area contributed by atoms with E-state index in [1.807, 2.05) is 0 Å². The van der Waals surface area contributed by atoms with Crippen LogP contribution in [-0.2, 0) is 16.9 Å². The molecule has 2 aliphatic heterocycles. The molecule has 0 amide bonds. The van der Waals surface area contributed by atoms with Crippen molar-refractivity contribution in [1.82, 2.24) is 0 Å². The average Bonchev–Trinajstić information content (AvgIpc) is 2.94. The van der Waals surface area contributed by atoms with Gasteiger partial charge in [0.1, 0.15) is 46.7 Å². The van der Waals surface area contributed by atoms with E-state index in [0.717, 1.165) is 30.3 Å². The number of aliphatic hydroxyl groups excluding tert-OH is 2. The molecule has 0 aliphatic carbocycles. The number of phenols is 8. The molecule has 4 aromatic rings. The van der Waals surface area contributed by atoms with Gasteiger partial charge in [-0.25, -0.2) is 0 Å². The van der Waals surface area contributed by atoms with Crippen molar-refractivity contribution < 1.29 is 65.3 Å². The van der Waals surface area contributed by atoms with Crippen molar-refractivity contribution in [2.75, 3.05) is 0 Å². The van der Waals surface area contributed by atoms with E-state index in [0.29, 0.717) is 0 Å². The first-order valence-corrected chi connectivity index (χ1v) is 12.9. The summed E-state index contributed by atoms with van der Waals surface area (Å²) in [6.07, 6.45) is -6.47. The summed E-state index contributed by atoms with van der Waals surface area (Å²) in [6.45, 7) is 0. The molecule has 2 aliphatic rings. The quantitative estimate of drug-likeness (QED) is 0.153. The lowest BCUT2D eigenvalue weighted by Gasteiger charge is -2.47. The number of benzene rings is 4. The molecule has 13 heteroatoms. The maximum Gasteiger partial charge on any atom is 0.267 e. The second-order valence-corrected chi connectivity index (χ2v) is 10.3. The number of fused-ring (bicyclic) bond motifs is 2. The van der Waals surface area contributed by atoms with E-state index >= 15 is 0 Å². The molecule has 224 valence electrons. The second-order valence-electron chi connectivity index (χ2n) is 10.3. The minimum Gasteiger partial charge on any atom is -0.508 e. The van der Waals surface area contributed by atoms with Crippen LogP contribution in [0.25, 0.3) is 0 Å². The lowest BCUT2D eigenvalue weighted by Crippen LogP contribution is -2.55. The summed E-state index contributed by atoms with van der Waals surface area (Å²) in [5, 5.41) is 104. The Balaban J connectivity index is 1.54. The molecule has 0 saturated heterocycles. The highest BCUT2D eigenvalue weighted by Gasteiger charge is 2.56. The van der Waals surface area contributed by atoms with Crippen LogP contribution in [0.2, 0.25) is 0 Å². The summed E-state index contributed by atoms with van der Waals surface area (Å²) in [5.41, 5.74) is 0.0630. The first kappa shape index (κ1) is 27.9. The highest BCUT2D eigenvalue weighted by Crippen LogP contribution is 2.53. The van der Waals surface area contributed by atoms with Crippen LogP contribution in [0.1, 0.15) is 34.5 Å². The Morgan fingerprint density at radius 1 is 0.651 bits per heavy atom. The van der Waals surface area contributed by atoms with Gasteiger partial charge in [-0.3, -0.25) is 0 Å². The van der Waals surface area contributed by atoms with Crippen LogP contribution in [0, 0.1) is 0 Å². The lowest BCUT2D eigenvalue weighted by atomic mass is 9.87. The predicted molar refractivity (Wildman–Crippen MR) is 144 cm³/mol. The number of hydrogen-bond acceptors (Lipinski definition) is 13. The summed E-state index contributed by atoms with van der Waals surface area (Å²) in [5.74, 6) is -6.38. The molecule has 5 atom stereocenters. The van der Waals surface area contributed by atoms with E-state index in [9.17, 15) is 51.1 Å². The molecule has 0 radical (unpaired) electrons. The average molecular weight is 595 g/mol. The molecule has 0 spiro atoms.